The van der Waals surface area contributed by atoms with Crippen LogP contribution in [0, 0.1) is 5.92 Å². The summed E-state index contributed by atoms with van der Waals surface area (Å²) in [5, 5.41) is 0. The van der Waals surface area contributed by atoms with E-state index in [1.807, 2.05) is 18.2 Å². The van der Waals surface area contributed by atoms with Gasteiger partial charge in [-0.15, -0.1) is 0 Å². The maximum Gasteiger partial charge on any atom is 0.237 e. The second-order valence-electron chi connectivity index (χ2n) is 5.47. The minimum absolute atomic E-state index is 0.158. The molecule has 0 spiro atoms. The molecule has 0 saturated carbocycles. The van der Waals surface area contributed by atoms with E-state index in [0.29, 0.717) is 19.0 Å². The molecule has 6 nitrogen and oxygen atoms in total. The smallest absolute Gasteiger partial charge is 0.237 e. The SMILES string of the molecule is CS(=O)(=O)NCC(=O)N1CCCC(Cc2ccccn2)C1. The maximum atomic E-state index is 12.0. The van der Waals surface area contributed by atoms with E-state index in [4.69, 9.17) is 0 Å². The molecule has 0 bridgehead atoms. The Morgan fingerprint density at radius 1 is 1.48 bits per heavy atom. The zero-order valence-corrected chi connectivity index (χ0v) is 13.0. The fraction of sp³-hybridized carbons (Fsp3) is 0.571. The highest BCUT2D eigenvalue weighted by Gasteiger charge is 2.24. The van der Waals surface area contributed by atoms with E-state index >= 15 is 0 Å². The average molecular weight is 311 g/mol. The van der Waals surface area contributed by atoms with Gasteiger partial charge in [0.15, 0.2) is 0 Å². The van der Waals surface area contributed by atoms with Crippen molar-refractivity contribution in [3.63, 3.8) is 0 Å². The molecule has 2 heterocycles. The second kappa shape index (κ2) is 7.00. The fourth-order valence-corrected chi connectivity index (χ4v) is 2.96. The number of likely N-dealkylation sites (tertiary alicyclic amines) is 1. The molecule has 1 unspecified atom stereocenters. The lowest BCUT2D eigenvalue weighted by Crippen LogP contribution is -2.45. The average Bonchev–Trinajstić information content (AvgIpc) is 2.45. The highest BCUT2D eigenvalue weighted by atomic mass is 32.2. The lowest BCUT2D eigenvalue weighted by Gasteiger charge is -2.32. The summed E-state index contributed by atoms with van der Waals surface area (Å²) in [5.41, 5.74) is 1.03. The molecular formula is C14H21N3O3S. The molecule has 1 fully saturated rings. The number of aromatic nitrogens is 1. The van der Waals surface area contributed by atoms with Crippen LogP contribution in [0.2, 0.25) is 0 Å². The van der Waals surface area contributed by atoms with Crippen molar-refractivity contribution in [2.75, 3.05) is 25.9 Å². The summed E-state index contributed by atoms with van der Waals surface area (Å²) in [5.74, 6) is 0.224. The van der Waals surface area contributed by atoms with E-state index in [9.17, 15) is 13.2 Å². The van der Waals surface area contributed by atoms with Crippen LogP contribution in [-0.2, 0) is 21.2 Å². The number of carbonyl (C=O) groups excluding carboxylic acids is 1. The molecule has 1 saturated heterocycles. The van der Waals surface area contributed by atoms with Crippen LogP contribution in [0.1, 0.15) is 18.5 Å². The summed E-state index contributed by atoms with van der Waals surface area (Å²) < 4.78 is 24.3. The number of nitrogens with one attached hydrogen (secondary N) is 1. The summed E-state index contributed by atoms with van der Waals surface area (Å²) >= 11 is 0. The Kier molecular flexibility index (Phi) is 5.30. The Morgan fingerprint density at radius 3 is 2.95 bits per heavy atom. The lowest BCUT2D eigenvalue weighted by molar-refractivity contribution is -0.131. The van der Waals surface area contributed by atoms with Crippen LogP contribution >= 0.6 is 0 Å². The van der Waals surface area contributed by atoms with Gasteiger partial charge in [-0.05, 0) is 37.3 Å². The van der Waals surface area contributed by atoms with E-state index in [0.717, 1.165) is 31.2 Å². The first kappa shape index (κ1) is 15.9. The molecule has 0 aromatic carbocycles. The van der Waals surface area contributed by atoms with E-state index in [-0.39, 0.29) is 12.5 Å². The molecule has 1 amide bonds. The van der Waals surface area contributed by atoms with Crippen LogP contribution in [0.5, 0.6) is 0 Å². The Hall–Kier alpha value is -1.47. The summed E-state index contributed by atoms with van der Waals surface area (Å²) in [7, 11) is -3.33. The third-order valence-corrected chi connectivity index (χ3v) is 4.25. The van der Waals surface area contributed by atoms with Crippen LogP contribution in [-0.4, -0.2) is 50.1 Å². The molecule has 116 valence electrons. The van der Waals surface area contributed by atoms with Gasteiger partial charge in [0.05, 0.1) is 12.8 Å². The van der Waals surface area contributed by atoms with Gasteiger partial charge in [-0.25, -0.2) is 13.1 Å². The molecule has 1 aromatic heterocycles. The molecule has 0 aliphatic carbocycles. The largest absolute Gasteiger partial charge is 0.341 e. The van der Waals surface area contributed by atoms with Crippen molar-refractivity contribution < 1.29 is 13.2 Å². The van der Waals surface area contributed by atoms with E-state index in [1.54, 1.807) is 11.1 Å². The number of piperidine rings is 1. The summed E-state index contributed by atoms with van der Waals surface area (Å²) in [6.45, 7) is 1.21. The molecule has 0 radical (unpaired) electrons. The number of pyridine rings is 1. The normalized spacial score (nSPS) is 19.5. The molecule has 1 aromatic rings. The van der Waals surface area contributed by atoms with Crippen molar-refractivity contribution in [3.8, 4) is 0 Å². The molecular weight excluding hydrogens is 290 g/mol. The van der Waals surface area contributed by atoms with Crippen LogP contribution < -0.4 is 4.72 Å². The zero-order valence-electron chi connectivity index (χ0n) is 12.2. The van der Waals surface area contributed by atoms with Crippen LogP contribution in [0.4, 0.5) is 0 Å². The van der Waals surface area contributed by atoms with Crippen LogP contribution in [0.25, 0.3) is 0 Å². The minimum Gasteiger partial charge on any atom is -0.341 e. The number of amides is 1. The third kappa shape index (κ3) is 5.43. The minimum atomic E-state index is -3.33. The van der Waals surface area contributed by atoms with Gasteiger partial charge in [-0.3, -0.25) is 9.78 Å². The van der Waals surface area contributed by atoms with Gasteiger partial charge >= 0.3 is 0 Å². The van der Waals surface area contributed by atoms with Gasteiger partial charge in [0, 0.05) is 25.0 Å². The number of nitrogens with zero attached hydrogens (tertiary/aromatic N) is 2. The predicted molar refractivity (Wildman–Crippen MR) is 80.1 cm³/mol. The van der Waals surface area contributed by atoms with Crippen LogP contribution in [0.3, 0.4) is 0 Å². The molecule has 1 N–H and O–H groups in total. The lowest BCUT2D eigenvalue weighted by atomic mass is 9.93. The Balaban J connectivity index is 1.87. The summed E-state index contributed by atoms with van der Waals surface area (Å²) in [6.07, 6.45) is 5.70. The van der Waals surface area contributed by atoms with Crippen molar-refractivity contribution in [2.24, 2.45) is 5.92 Å². The highest BCUT2D eigenvalue weighted by molar-refractivity contribution is 7.88. The molecule has 21 heavy (non-hydrogen) atoms. The molecule has 7 heteroatoms. The summed E-state index contributed by atoms with van der Waals surface area (Å²) in [4.78, 5) is 18.1. The van der Waals surface area contributed by atoms with Gasteiger partial charge in [0.2, 0.25) is 15.9 Å². The first-order valence-electron chi connectivity index (χ1n) is 7.06. The van der Waals surface area contributed by atoms with E-state index in [2.05, 4.69) is 9.71 Å². The molecule has 2 rings (SSSR count). The van der Waals surface area contributed by atoms with Gasteiger partial charge < -0.3 is 4.90 Å². The maximum absolute atomic E-state index is 12.0. The predicted octanol–water partition coefficient (Wildman–Crippen LogP) is 0.412. The Labute approximate surface area is 125 Å². The van der Waals surface area contributed by atoms with Gasteiger partial charge in [-0.2, -0.15) is 0 Å². The first-order valence-corrected chi connectivity index (χ1v) is 8.95. The molecule has 1 aliphatic rings. The standard InChI is InChI=1S/C14H21N3O3S/c1-21(19,20)16-10-14(18)17-8-4-5-12(11-17)9-13-6-2-3-7-15-13/h2-3,6-7,12,16H,4-5,8-11H2,1H3. The second-order valence-corrected chi connectivity index (χ2v) is 7.30. The first-order chi connectivity index (χ1) is 9.94. The fourth-order valence-electron chi connectivity index (χ4n) is 2.58. The Bertz CT molecular complexity index is 574. The topological polar surface area (TPSA) is 79.4 Å². The third-order valence-electron chi connectivity index (χ3n) is 3.58. The molecule has 1 aliphatic heterocycles. The van der Waals surface area contributed by atoms with Gasteiger partial charge in [0.25, 0.3) is 0 Å². The van der Waals surface area contributed by atoms with Crippen molar-refractivity contribution in [1.29, 1.82) is 0 Å². The van der Waals surface area contributed by atoms with E-state index in [1.165, 1.54) is 0 Å². The Morgan fingerprint density at radius 2 is 2.29 bits per heavy atom. The number of sulfonamides is 1. The highest BCUT2D eigenvalue weighted by Crippen LogP contribution is 2.20. The summed E-state index contributed by atoms with van der Waals surface area (Å²) in [6, 6.07) is 5.84. The van der Waals surface area contributed by atoms with Crippen molar-refractivity contribution in [2.45, 2.75) is 19.3 Å². The monoisotopic (exact) mass is 311 g/mol. The molecule has 1 atom stereocenters. The van der Waals surface area contributed by atoms with Gasteiger partial charge in [0.1, 0.15) is 0 Å². The van der Waals surface area contributed by atoms with Crippen LogP contribution in [0.15, 0.2) is 24.4 Å². The zero-order chi connectivity index (χ0) is 15.3. The number of carbonyl (C=O) groups is 1. The van der Waals surface area contributed by atoms with E-state index < -0.39 is 10.0 Å². The van der Waals surface area contributed by atoms with Crippen molar-refractivity contribution >= 4 is 15.9 Å². The quantitative estimate of drug-likeness (QED) is 0.854. The van der Waals surface area contributed by atoms with Gasteiger partial charge in [-0.1, -0.05) is 6.07 Å². The number of hydrogen-bond donors (Lipinski definition) is 1. The van der Waals surface area contributed by atoms with Crippen molar-refractivity contribution in [3.05, 3.63) is 30.1 Å². The number of hydrogen-bond acceptors (Lipinski definition) is 4. The van der Waals surface area contributed by atoms with Crippen molar-refractivity contribution in [1.82, 2.24) is 14.6 Å². The number of rotatable bonds is 5.